The number of halogens is 3. The Kier molecular flexibility index (Phi) is 3.54. The second kappa shape index (κ2) is 4.85. The minimum Gasteiger partial charge on any atom is -0.302 e. The normalized spacial score (nSPS) is 28.1. The molecule has 1 heterocycles. The fourth-order valence-electron chi connectivity index (χ4n) is 2.55. The number of nitrogens with one attached hydrogen (secondary N) is 1. The number of nitriles is 1. The summed E-state index contributed by atoms with van der Waals surface area (Å²) in [4.78, 5) is 0. The lowest BCUT2D eigenvalue weighted by Crippen LogP contribution is -2.46. The zero-order valence-corrected chi connectivity index (χ0v) is 10.5. The van der Waals surface area contributed by atoms with Gasteiger partial charge in [-0.15, -0.1) is 0 Å². The highest BCUT2D eigenvalue weighted by atomic mass is 19.4. The number of aromatic nitrogens is 2. The molecule has 1 saturated carbocycles. The molecule has 2 atom stereocenters. The van der Waals surface area contributed by atoms with Crippen LogP contribution in [0, 0.1) is 11.3 Å². The summed E-state index contributed by atoms with van der Waals surface area (Å²) in [6.45, 7) is 0. The Morgan fingerprint density at radius 3 is 2.84 bits per heavy atom. The van der Waals surface area contributed by atoms with Crippen molar-refractivity contribution in [1.29, 1.82) is 5.26 Å². The smallest absolute Gasteiger partial charge is 0.302 e. The topological polar surface area (TPSA) is 53.6 Å². The summed E-state index contributed by atoms with van der Waals surface area (Å²) in [6, 6.07) is 3.03. The maximum absolute atomic E-state index is 12.5. The van der Waals surface area contributed by atoms with Gasteiger partial charge < -0.3 is 5.32 Å². The summed E-state index contributed by atoms with van der Waals surface area (Å²) in [7, 11) is 1.70. The Morgan fingerprint density at radius 1 is 1.58 bits per heavy atom. The molecule has 0 aromatic carbocycles. The van der Waals surface area contributed by atoms with Crippen LogP contribution >= 0.6 is 0 Å². The SMILES string of the molecule is CNC1(C#N)CCCC(n2ccc(C(F)(F)F)n2)C1. The van der Waals surface area contributed by atoms with E-state index < -0.39 is 17.4 Å². The fraction of sp³-hybridized carbons (Fsp3) is 0.667. The molecular formula is C12H15F3N4. The summed E-state index contributed by atoms with van der Waals surface area (Å²) in [5.74, 6) is 0. The first-order valence-electron chi connectivity index (χ1n) is 6.13. The van der Waals surface area contributed by atoms with Gasteiger partial charge in [0.25, 0.3) is 0 Å². The van der Waals surface area contributed by atoms with Crippen LogP contribution in [0.4, 0.5) is 13.2 Å². The highest BCUT2D eigenvalue weighted by molar-refractivity contribution is 5.11. The van der Waals surface area contributed by atoms with Crippen molar-refractivity contribution in [3.8, 4) is 6.07 Å². The van der Waals surface area contributed by atoms with Crippen molar-refractivity contribution < 1.29 is 13.2 Å². The maximum atomic E-state index is 12.5. The minimum atomic E-state index is -4.42. The van der Waals surface area contributed by atoms with Crippen LogP contribution in [0.5, 0.6) is 0 Å². The molecule has 1 aliphatic rings. The van der Waals surface area contributed by atoms with Crippen molar-refractivity contribution in [2.24, 2.45) is 0 Å². The largest absolute Gasteiger partial charge is 0.435 e. The maximum Gasteiger partial charge on any atom is 0.435 e. The molecule has 1 N–H and O–H groups in total. The van der Waals surface area contributed by atoms with E-state index in [9.17, 15) is 18.4 Å². The van der Waals surface area contributed by atoms with Crippen LogP contribution in [-0.2, 0) is 6.18 Å². The van der Waals surface area contributed by atoms with Crippen molar-refractivity contribution in [1.82, 2.24) is 15.1 Å². The van der Waals surface area contributed by atoms with Crippen LogP contribution in [-0.4, -0.2) is 22.4 Å². The van der Waals surface area contributed by atoms with Crippen molar-refractivity contribution in [3.05, 3.63) is 18.0 Å². The molecule has 0 saturated heterocycles. The second-order valence-corrected chi connectivity index (χ2v) is 4.87. The zero-order chi connectivity index (χ0) is 14.1. The van der Waals surface area contributed by atoms with E-state index in [0.29, 0.717) is 12.8 Å². The van der Waals surface area contributed by atoms with E-state index in [2.05, 4.69) is 16.5 Å². The molecule has 0 aliphatic heterocycles. The van der Waals surface area contributed by atoms with Crippen molar-refractivity contribution in [2.75, 3.05) is 7.05 Å². The molecule has 4 nitrogen and oxygen atoms in total. The average molecular weight is 272 g/mol. The summed E-state index contributed by atoms with van der Waals surface area (Å²) >= 11 is 0. The number of hydrogen-bond acceptors (Lipinski definition) is 3. The molecule has 1 aliphatic carbocycles. The molecule has 104 valence electrons. The van der Waals surface area contributed by atoms with E-state index >= 15 is 0 Å². The highest BCUT2D eigenvalue weighted by Gasteiger charge is 2.38. The third-order valence-corrected chi connectivity index (χ3v) is 3.69. The highest BCUT2D eigenvalue weighted by Crippen LogP contribution is 2.36. The van der Waals surface area contributed by atoms with Gasteiger partial charge in [-0.1, -0.05) is 0 Å². The zero-order valence-electron chi connectivity index (χ0n) is 10.5. The minimum absolute atomic E-state index is 0.169. The van der Waals surface area contributed by atoms with Gasteiger partial charge in [-0.2, -0.15) is 23.5 Å². The molecule has 0 radical (unpaired) electrons. The van der Waals surface area contributed by atoms with Gasteiger partial charge in [0.2, 0.25) is 0 Å². The van der Waals surface area contributed by atoms with E-state index in [-0.39, 0.29) is 6.04 Å². The summed E-state index contributed by atoms with van der Waals surface area (Å²) in [6.07, 6.45) is -0.362. The first-order chi connectivity index (χ1) is 8.90. The summed E-state index contributed by atoms with van der Waals surface area (Å²) in [5.41, 5.74) is -1.54. The Balaban J connectivity index is 2.19. The molecule has 2 unspecified atom stereocenters. The summed E-state index contributed by atoms with van der Waals surface area (Å²) < 4.78 is 38.9. The Hall–Kier alpha value is -1.55. The standard InChI is InChI=1S/C12H15F3N4/c1-17-11(8-16)5-2-3-9(7-11)19-6-4-10(18-19)12(13,14)15/h4,6,9,17H,2-3,5,7H2,1H3. The molecule has 1 fully saturated rings. The van der Waals surface area contributed by atoms with E-state index in [0.717, 1.165) is 18.9 Å². The van der Waals surface area contributed by atoms with E-state index in [1.165, 1.54) is 10.9 Å². The third-order valence-electron chi connectivity index (χ3n) is 3.69. The van der Waals surface area contributed by atoms with Crippen molar-refractivity contribution in [3.63, 3.8) is 0 Å². The van der Waals surface area contributed by atoms with Gasteiger partial charge in [-0.25, -0.2) is 0 Å². The molecule has 19 heavy (non-hydrogen) atoms. The van der Waals surface area contributed by atoms with E-state index in [1.807, 2.05) is 0 Å². The predicted octanol–water partition coefficient (Wildman–Crippen LogP) is 2.50. The first kappa shape index (κ1) is 13.9. The monoisotopic (exact) mass is 272 g/mol. The van der Waals surface area contributed by atoms with Gasteiger partial charge in [0.15, 0.2) is 5.69 Å². The average Bonchev–Trinajstić information content (AvgIpc) is 2.88. The molecule has 1 aromatic rings. The number of alkyl halides is 3. The lowest BCUT2D eigenvalue weighted by atomic mass is 9.80. The Bertz CT molecular complexity index is 488. The Labute approximate surface area is 109 Å². The van der Waals surface area contributed by atoms with Crippen LogP contribution in [0.3, 0.4) is 0 Å². The lowest BCUT2D eigenvalue weighted by molar-refractivity contribution is -0.141. The number of nitrogens with zero attached hydrogens (tertiary/aromatic N) is 3. The van der Waals surface area contributed by atoms with Crippen LogP contribution in [0.1, 0.15) is 37.4 Å². The van der Waals surface area contributed by atoms with Gasteiger partial charge in [0.05, 0.1) is 12.1 Å². The van der Waals surface area contributed by atoms with Gasteiger partial charge in [0.1, 0.15) is 5.54 Å². The molecule has 0 spiro atoms. The molecule has 0 bridgehead atoms. The van der Waals surface area contributed by atoms with Crippen LogP contribution in [0.25, 0.3) is 0 Å². The summed E-state index contributed by atoms with van der Waals surface area (Å²) in [5, 5.41) is 15.8. The Morgan fingerprint density at radius 2 is 2.32 bits per heavy atom. The predicted molar refractivity (Wildman–Crippen MR) is 62.1 cm³/mol. The van der Waals surface area contributed by atoms with Crippen LogP contribution in [0.15, 0.2) is 12.3 Å². The lowest BCUT2D eigenvalue weighted by Gasteiger charge is -2.35. The molecule has 1 aromatic heterocycles. The van der Waals surface area contributed by atoms with Gasteiger partial charge >= 0.3 is 6.18 Å². The fourth-order valence-corrected chi connectivity index (χ4v) is 2.55. The molecule has 7 heteroatoms. The van der Waals surface area contributed by atoms with Gasteiger partial charge in [-0.05, 0) is 32.4 Å². The first-order valence-corrected chi connectivity index (χ1v) is 6.13. The molecular weight excluding hydrogens is 257 g/mol. The van der Waals surface area contributed by atoms with Crippen molar-refractivity contribution >= 4 is 0 Å². The van der Waals surface area contributed by atoms with Crippen LogP contribution < -0.4 is 5.32 Å². The van der Waals surface area contributed by atoms with Crippen molar-refractivity contribution in [2.45, 2.75) is 43.4 Å². The van der Waals surface area contributed by atoms with Gasteiger partial charge in [-0.3, -0.25) is 4.68 Å². The second-order valence-electron chi connectivity index (χ2n) is 4.87. The number of hydrogen-bond donors (Lipinski definition) is 1. The molecule has 2 rings (SSSR count). The quantitative estimate of drug-likeness (QED) is 0.900. The third kappa shape index (κ3) is 2.73. The van der Waals surface area contributed by atoms with E-state index in [4.69, 9.17) is 0 Å². The van der Waals surface area contributed by atoms with Gasteiger partial charge in [0, 0.05) is 12.6 Å². The van der Waals surface area contributed by atoms with E-state index in [1.54, 1.807) is 7.05 Å². The number of rotatable bonds is 2. The molecule has 0 amide bonds. The van der Waals surface area contributed by atoms with Crippen LogP contribution in [0.2, 0.25) is 0 Å².